The van der Waals surface area contributed by atoms with E-state index in [4.69, 9.17) is 5.26 Å². The van der Waals surface area contributed by atoms with Gasteiger partial charge in [0.1, 0.15) is 17.6 Å². The molecule has 3 heteroatoms. The van der Waals surface area contributed by atoms with Crippen molar-refractivity contribution < 1.29 is 0 Å². The maximum absolute atomic E-state index is 8.86. The minimum atomic E-state index is 0.506. The Morgan fingerprint density at radius 3 is 3.00 bits per heavy atom. The molecule has 2 rings (SSSR count). The van der Waals surface area contributed by atoms with Crippen molar-refractivity contribution in [3.05, 3.63) is 23.9 Å². The van der Waals surface area contributed by atoms with Crippen LogP contribution >= 0.6 is 0 Å². The van der Waals surface area contributed by atoms with Gasteiger partial charge in [0, 0.05) is 12.1 Å². The number of nitriles is 1. The Morgan fingerprint density at radius 1 is 1.50 bits per heavy atom. The smallest absolute Gasteiger partial charge is 0.142 e. The molecule has 0 spiro atoms. The second kappa shape index (κ2) is 4.52. The third kappa shape index (κ3) is 1.88. The normalized spacial score (nSPS) is 24.4. The molecular formula is C13H17N3. The Hall–Kier alpha value is -1.56. The number of aromatic nitrogens is 1. The molecule has 0 amide bonds. The van der Waals surface area contributed by atoms with E-state index in [2.05, 4.69) is 29.8 Å². The summed E-state index contributed by atoms with van der Waals surface area (Å²) in [5.41, 5.74) is 0.506. The molecule has 1 saturated heterocycles. The molecule has 16 heavy (non-hydrogen) atoms. The van der Waals surface area contributed by atoms with Gasteiger partial charge in [-0.25, -0.2) is 4.98 Å². The minimum absolute atomic E-state index is 0.506. The second-order valence-electron chi connectivity index (χ2n) is 4.39. The third-order valence-corrected chi connectivity index (χ3v) is 3.37. The van der Waals surface area contributed by atoms with E-state index in [9.17, 15) is 0 Å². The van der Waals surface area contributed by atoms with Gasteiger partial charge in [0.05, 0.1) is 0 Å². The van der Waals surface area contributed by atoms with Gasteiger partial charge >= 0.3 is 0 Å². The summed E-state index contributed by atoms with van der Waals surface area (Å²) in [6.45, 7) is 4.44. The topological polar surface area (TPSA) is 39.9 Å². The summed E-state index contributed by atoms with van der Waals surface area (Å²) in [4.78, 5) is 6.75. The summed E-state index contributed by atoms with van der Waals surface area (Å²) in [5.74, 6) is 0.955. The van der Waals surface area contributed by atoms with Crippen LogP contribution < -0.4 is 4.90 Å². The van der Waals surface area contributed by atoms with Crippen LogP contribution in [0.1, 0.15) is 38.8 Å². The van der Waals surface area contributed by atoms with Crippen molar-refractivity contribution in [2.45, 2.75) is 45.2 Å². The highest BCUT2D eigenvalue weighted by Crippen LogP contribution is 2.30. The number of pyridine rings is 1. The Bertz CT molecular complexity index is 408. The summed E-state index contributed by atoms with van der Waals surface area (Å²) in [6.07, 6.45) is 3.59. The van der Waals surface area contributed by atoms with E-state index >= 15 is 0 Å². The molecule has 1 aliphatic heterocycles. The average Bonchev–Trinajstić information content (AvgIpc) is 2.70. The van der Waals surface area contributed by atoms with Gasteiger partial charge in [-0.1, -0.05) is 13.0 Å². The van der Waals surface area contributed by atoms with Crippen LogP contribution in [0.2, 0.25) is 0 Å². The van der Waals surface area contributed by atoms with E-state index in [1.165, 1.54) is 12.8 Å². The fourth-order valence-electron chi connectivity index (χ4n) is 2.51. The summed E-state index contributed by atoms with van der Waals surface area (Å²) in [7, 11) is 0. The second-order valence-corrected chi connectivity index (χ2v) is 4.39. The highest BCUT2D eigenvalue weighted by atomic mass is 15.3. The van der Waals surface area contributed by atoms with Crippen molar-refractivity contribution in [1.82, 2.24) is 4.98 Å². The molecule has 84 valence electrons. The van der Waals surface area contributed by atoms with Gasteiger partial charge in [0.25, 0.3) is 0 Å². The number of anilines is 1. The summed E-state index contributed by atoms with van der Waals surface area (Å²) >= 11 is 0. The first-order chi connectivity index (χ1) is 7.76. The lowest BCUT2D eigenvalue weighted by Crippen LogP contribution is -2.34. The average molecular weight is 215 g/mol. The maximum Gasteiger partial charge on any atom is 0.142 e. The van der Waals surface area contributed by atoms with Crippen molar-refractivity contribution in [1.29, 1.82) is 5.26 Å². The number of rotatable bonds is 2. The van der Waals surface area contributed by atoms with Gasteiger partial charge < -0.3 is 4.90 Å². The predicted octanol–water partition coefficient (Wildman–Crippen LogP) is 2.72. The molecule has 2 unspecified atom stereocenters. The summed E-state index contributed by atoms with van der Waals surface area (Å²) in [5, 5.41) is 8.86. The van der Waals surface area contributed by atoms with Gasteiger partial charge in [-0.2, -0.15) is 5.26 Å². The number of hydrogen-bond donors (Lipinski definition) is 0. The minimum Gasteiger partial charge on any atom is -0.351 e. The van der Waals surface area contributed by atoms with E-state index in [0.717, 1.165) is 12.2 Å². The zero-order chi connectivity index (χ0) is 11.5. The van der Waals surface area contributed by atoms with Gasteiger partial charge in [0.2, 0.25) is 0 Å². The van der Waals surface area contributed by atoms with E-state index in [0.29, 0.717) is 17.8 Å². The van der Waals surface area contributed by atoms with Gasteiger partial charge in [-0.05, 0) is 38.3 Å². The SMILES string of the molecule is CCC1CCC(C)N1c1cccc(C#N)n1. The molecule has 0 aliphatic carbocycles. The third-order valence-electron chi connectivity index (χ3n) is 3.37. The fourth-order valence-corrected chi connectivity index (χ4v) is 2.51. The van der Waals surface area contributed by atoms with Crippen LogP contribution in [0.3, 0.4) is 0 Å². The lowest BCUT2D eigenvalue weighted by Gasteiger charge is -2.29. The predicted molar refractivity (Wildman–Crippen MR) is 64.2 cm³/mol. The van der Waals surface area contributed by atoms with Crippen molar-refractivity contribution in [3.8, 4) is 6.07 Å². The van der Waals surface area contributed by atoms with Crippen molar-refractivity contribution in [2.75, 3.05) is 4.90 Å². The highest BCUT2D eigenvalue weighted by molar-refractivity contribution is 5.44. The first kappa shape index (κ1) is 10.9. The molecule has 2 heterocycles. The Balaban J connectivity index is 2.31. The lowest BCUT2D eigenvalue weighted by atomic mass is 10.1. The van der Waals surface area contributed by atoms with Crippen LogP contribution in [-0.2, 0) is 0 Å². The standard InChI is InChI=1S/C13H17N3/c1-3-12-8-7-10(2)16(12)13-6-4-5-11(9-14)15-13/h4-6,10,12H,3,7-8H2,1-2H3. The molecule has 1 aromatic heterocycles. The Morgan fingerprint density at radius 2 is 2.31 bits per heavy atom. The van der Waals surface area contributed by atoms with Crippen molar-refractivity contribution in [2.24, 2.45) is 0 Å². The van der Waals surface area contributed by atoms with Crippen LogP contribution in [-0.4, -0.2) is 17.1 Å². The Kier molecular flexibility index (Phi) is 3.09. The zero-order valence-corrected chi connectivity index (χ0v) is 9.85. The van der Waals surface area contributed by atoms with Gasteiger partial charge in [-0.15, -0.1) is 0 Å². The zero-order valence-electron chi connectivity index (χ0n) is 9.85. The highest BCUT2D eigenvalue weighted by Gasteiger charge is 2.30. The Labute approximate surface area is 96.7 Å². The van der Waals surface area contributed by atoms with Crippen LogP contribution in [0.15, 0.2) is 18.2 Å². The molecule has 0 N–H and O–H groups in total. The van der Waals surface area contributed by atoms with Crippen LogP contribution in [0.25, 0.3) is 0 Å². The molecular weight excluding hydrogens is 198 g/mol. The van der Waals surface area contributed by atoms with Gasteiger partial charge in [0.15, 0.2) is 0 Å². The lowest BCUT2D eigenvalue weighted by molar-refractivity contribution is 0.621. The van der Waals surface area contributed by atoms with E-state index in [1.807, 2.05) is 12.1 Å². The molecule has 0 aromatic carbocycles. The van der Waals surface area contributed by atoms with E-state index in [-0.39, 0.29) is 0 Å². The summed E-state index contributed by atoms with van der Waals surface area (Å²) < 4.78 is 0. The van der Waals surface area contributed by atoms with Crippen molar-refractivity contribution in [3.63, 3.8) is 0 Å². The molecule has 0 radical (unpaired) electrons. The van der Waals surface area contributed by atoms with E-state index in [1.54, 1.807) is 6.07 Å². The molecule has 0 saturated carbocycles. The quantitative estimate of drug-likeness (QED) is 0.761. The molecule has 1 aliphatic rings. The molecule has 3 nitrogen and oxygen atoms in total. The number of hydrogen-bond acceptors (Lipinski definition) is 3. The van der Waals surface area contributed by atoms with Crippen LogP contribution in [0.5, 0.6) is 0 Å². The monoisotopic (exact) mass is 215 g/mol. The molecule has 2 atom stereocenters. The first-order valence-electron chi connectivity index (χ1n) is 5.91. The maximum atomic E-state index is 8.86. The molecule has 1 aromatic rings. The van der Waals surface area contributed by atoms with Crippen molar-refractivity contribution >= 4 is 5.82 Å². The fraction of sp³-hybridized carbons (Fsp3) is 0.538. The van der Waals surface area contributed by atoms with Gasteiger partial charge in [-0.3, -0.25) is 0 Å². The summed E-state index contributed by atoms with van der Waals surface area (Å²) in [6, 6.07) is 8.89. The van der Waals surface area contributed by atoms with E-state index < -0.39 is 0 Å². The molecule has 1 fully saturated rings. The van der Waals surface area contributed by atoms with Crippen LogP contribution in [0, 0.1) is 11.3 Å². The van der Waals surface area contributed by atoms with Crippen LogP contribution in [0.4, 0.5) is 5.82 Å². The largest absolute Gasteiger partial charge is 0.351 e. The number of nitrogens with zero attached hydrogens (tertiary/aromatic N) is 3. The molecule has 0 bridgehead atoms. The first-order valence-corrected chi connectivity index (χ1v) is 5.91.